The number of aryl methyl sites for hydroxylation is 1. The van der Waals surface area contributed by atoms with Crippen molar-refractivity contribution in [1.82, 2.24) is 14.8 Å². The quantitative estimate of drug-likeness (QED) is 0.733. The van der Waals surface area contributed by atoms with Crippen molar-refractivity contribution in [2.75, 3.05) is 34.3 Å². The van der Waals surface area contributed by atoms with Crippen LogP contribution in [0.4, 0.5) is 0 Å². The molecule has 0 spiro atoms. The minimum atomic E-state index is -0.341. The summed E-state index contributed by atoms with van der Waals surface area (Å²) in [6, 6.07) is 12.2. The number of hydrogen-bond acceptors (Lipinski definition) is 6. The van der Waals surface area contributed by atoms with E-state index in [4.69, 9.17) is 14.1 Å². The molecule has 0 amide bonds. The molecule has 4 rings (SSSR count). The largest absolute Gasteiger partial charge is 0.496 e. The van der Waals surface area contributed by atoms with E-state index in [1.54, 1.807) is 7.11 Å². The lowest BCUT2D eigenvalue weighted by molar-refractivity contribution is 0.112. The lowest BCUT2D eigenvalue weighted by Crippen LogP contribution is -2.37. The lowest BCUT2D eigenvalue weighted by Gasteiger charge is -2.21. The van der Waals surface area contributed by atoms with Gasteiger partial charge >= 0.3 is 0 Å². The molecule has 1 aliphatic rings. The number of aliphatic hydroxyl groups excluding tert-OH is 1. The normalized spacial score (nSPS) is 20.4. The second-order valence-electron chi connectivity index (χ2n) is 7.68. The molecule has 2 atom stereocenters. The minimum Gasteiger partial charge on any atom is -0.496 e. The van der Waals surface area contributed by atoms with Gasteiger partial charge in [0.1, 0.15) is 11.5 Å². The predicted molar refractivity (Wildman–Crippen MR) is 109 cm³/mol. The van der Waals surface area contributed by atoms with Gasteiger partial charge in [-0.2, -0.15) is 0 Å². The van der Waals surface area contributed by atoms with E-state index in [0.717, 1.165) is 40.1 Å². The highest BCUT2D eigenvalue weighted by molar-refractivity contribution is 5.98. The number of likely N-dealkylation sites (N-methyl/N-ethyl adjacent to an activating group) is 1. The maximum absolute atomic E-state index is 10.3. The van der Waals surface area contributed by atoms with Crippen LogP contribution in [0.25, 0.3) is 22.2 Å². The van der Waals surface area contributed by atoms with Gasteiger partial charge in [-0.1, -0.05) is 24.3 Å². The standard InChI is InChI=1S/C22H27N3O3/c1-14-18(11-25-12-19(24(2)3)20(26)13-25)23-22(28-14)17-9-10-21(27-4)16-8-6-5-7-15(16)17/h5-10,19-20,26H,11-13H2,1-4H3/t19-,20-/m0/s1. The molecule has 1 saturated heterocycles. The Morgan fingerprint density at radius 1 is 1.18 bits per heavy atom. The maximum atomic E-state index is 10.3. The van der Waals surface area contributed by atoms with Crippen molar-refractivity contribution in [3.63, 3.8) is 0 Å². The van der Waals surface area contributed by atoms with E-state index in [2.05, 4.69) is 15.9 Å². The Morgan fingerprint density at radius 3 is 2.61 bits per heavy atom. The Hall–Kier alpha value is -2.41. The van der Waals surface area contributed by atoms with E-state index in [-0.39, 0.29) is 12.1 Å². The van der Waals surface area contributed by atoms with Gasteiger partial charge in [-0.05, 0) is 38.5 Å². The van der Waals surface area contributed by atoms with E-state index >= 15 is 0 Å². The van der Waals surface area contributed by atoms with E-state index < -0.39 is 0 Å². The molecule has 1 aromatic heterocycles. The van der Waals surface area contributed by atoms with Crippen LogP contribution >= 0.6 is 0 Å². The molecule has 0 radical (unpaired) electrons. The van der Waals surface area contributed by atoms with Crippen molar-refractivity contribution < 1.29 is 14.3 Å². The molecule has 28 heavy (non-hydrogen) atoms. The molecule has 0 bridgehead atoms. The monoisotopic (exact) mass is 381 g/mol. The SMILES string of the molecule is COc1ccc(-c2nc(CN3C[C@H](O)[C@@H](N(C)C)C3)c(C)o2)c2ccccc12. The third-order valence-corrected chi connectivity index (χ3v) is 5.60. The van der Waals surface area contributed by atoms with Gasteiger partial charge in [0.2, 0.25) is 5.89 Å². The summed E-state index contributed by atoms with van der Waals surface area (Å²) in [4.78, 5) is 9.11. The van der Waals surface area contributed by atoms with Crippen molar-refractivity contribution >= 4 is 10.8 Å². The molecule has 1 aliphatic heterocycles. The number of likely N-dealkylation sites (tertiary alicyclic amines) is 1. The fourth-order valence-corrected chi connectivity index (χ4v) is 4.02. The number of rotatable bonds is 5. The highest BCUT2D eigenvalue weighted by Gasteiger charge is 2.33. The van der Waals surface area contributed by atoms with E-state index in [0.29, 0.717) is 19.0 Å². The Kier molecular flexibility index (Phi) is 5.10. The van der Waals surface area contributed by atoms with Crippen molar-refractivity contribution in [2.24, 2.45) is 0 Å². The highest BCUT2D eigenvalue weighted by Crippen LogP contribution is 2.35. The predicted octanol–water partition coefficient (Wildman–Crippen LogP) is 2.92. The van der Waals surface area contributed by atoms with E-state index in [9.17, 15) is 5.11 Å². The molecule has 1 N–H and O–H groups in total. The summed E-state index contributed by atoms with van der Waals surface area (Å²) in [5.41, 5.74) is 1.87. The number of aromatic nitrogens is 1. The zero-order valence-corrected chi connectivity index (χ0v) is 16.8. The summed E-state index contributed by atoms with van der Waals surface area (Å²) in [7, 11) is 5.69. The van der Waals surface area contributed by atoms with Crippen LogP contribution in [-0.2, 0) is 6.54 Å². The van der Waals surface area contributed by atoms with Crippen LogP contribution in [0.1, 0.15) is 11.5 Å². The van der Waals surface area contributed by atoms with Crippen molar-refractivity contribution in [2.45, 2.75) is 25.6 Å². The maximum Gasteiger partial charge on any atom is 0.227 e. The van der Waals surface area contributed by atoms with E-state index in [1.807, 2.05) is 51.4 Å². The van der Waals surface area contributed by atoms with Gasteiger partial charge in [0.05, 0.1) is 18.9 Å². The zero-order chi connectivity index (χ0) is 19.8. The number of aliphatic hydroxyl groups is 1. The first-order valence-electron chi connectivity index (χ1n) is 9.57. The molecule has 6 nitrogen and oxygen atoms in total. The Balaban J connectivity index is 1.63. The third-order valence-electron chi connectivity index (χ3n) is 5.60. The van der Waals surface area contributed by atoms with Gasteiger partial charge in [0, 0.05) is 36.6 Å². The molecule has 6 heteroatoms. The number of fused-ring (bicyclic) bond motifs is 1. The summed E-state index contributed by atoms with van der Waals surface area (Å²) in [5.74, 6) is 2.27. The fourth-order valence-electron chi connectivity index (χ4n) is 4.02. The third kappa shape index (κ3) is 3.39. The van der Waals surface area contributed by atoms with Crippen LogP contribution in [-0.4, -0.2) is 66.3 Å². The Labute approximate surface area is 165 Å². The van der Waals surface area contributed by atoms with Crippen LogP contribution in [0.2, 0.25) is 0 Å². The number of β-amino-alcohol motifs (C(OH)–C–C–N with tert-alkyl or cyclic N) is 1. The number of nitrogens with zero attached hydrogens (tertiary/aromatic N) is 3. The molecule has 3 aromatic rings. The second-order valence-corrected chi connectivity index (χ2v) is 7.68. The molecule has 0 saturated carbocycles. The van der Waals surface area contributed by atoms with Crippen LogP contribution in [0.5, 0.6) is 5.75 Å². The summed E-state index contributed by atoms with van der Waals surface area (Å²) >= 11 is 0. The summed E-state index contributed by atoms with van der Waals surface area (Å²) in [6.07, 6.45) is -0.341. The van der Waals surface area contributed by atoms with Gasteiger partial charge in [0.25, 0.3) is 0 Å². The zero-order valence-electron chi connectivity index (χ0n) is 16.8. The minimum absolute atomic E-state index is 0.150. The molecule has 1 fully saturated rings. The first kappa shape index (κ1) is 18.9. The summed E-state index contributed by atoms with van der Waals surface area (Å²) in [5, 5.41) is 12.4. The highest BCUT2D eigenvalue weighted by atomic mass is 16.5. The number of hydrogen-bond donors (Lipinski definition) is 1. The average Bonchev–Trinajstić information content (AvgIpc) is 3.23. The molecule has 0 aliphatic carbocycles. The molecule has 0 unspecified atom stereocenters. The number of methoxy groups -OCH3 is 1. The van der Waals surface area contributed by atoms with Gasteiger partial charge < -0.3 is 19.2 Å². The Bertz CT molecular complexity index is 982. The topological polar surface area (TPSA) is 62.0 Å². The lowest BCUT2D eigenvalue weighted by atomic mass is 10.0. The molecular weight excluding hydrogens is 354 g/mol. The first-order valence-corrected chi connectivity index (χ1v) is 9.57. The van der Waals surface area contributed by atoms with Crippen LogP contribution in [0.3, 0.4) is 0 Å². The number of benzene rings is 2. The van der Waals surface area contributed by atoms with Crippen LogP contribution < -0.4 is 4.74 Å². The summed E-state index contributed by atoms with van der Waals surface area (Å²) < 4.78 is 11.5. The second kappa shape index (κ2) is 7.54. The van der Waals surface area contributed by atoms with Crippen molar-refractivity contribution in [3.05, 3.63) is 47.9 Å². The van der Waals surface area contributed by atoms with Gasteiger partial charge in [-0.25, -0.2) is 4.98 Å². The first-order chi connectivity index (χ1) is 13.5. The molecular formula is C22H27N3O3. The number of ether oxygens (including phenoxy) is 1. The van der Waals surface area contributed by atoms with Crippen molar-refractivity contribution in [3.8, 4) is 17.2 Å². The molecule has 2 aromatic carbocycles. The van der Waals surface area contributed by atoms with Gasteiger partial charge in [-0.3, -0.25) is 4.90 Å². The smallest absolute Gasteiger partial charge is 0.227 e. The van der Waals surface area contributed by atoms with Crippen LogP contribution in [0, 0.1) is 6.92 Å². The van der Waals surface area contributed by atoms with Gasteiger partial charge in [-0.15, -0.1) is 0 Å². The summed E-state index contributed by atoms with van der Waals surface area (Å²) in [6.45, 7) is 4.09. The van der Waals surface area contributed by atoms with Crippen LogP contribution in [0.15, 0.2) is 40.8 Å². The van der Waals surface area contributed by atoms with E-state index in [1.165, 1.54) is 0 Å². The average molecular weight is 381 g/mol. The fraction of sp³-hybridized carbons (Fsp3) is 0.409. The molecule has 148 valence electrons. The number of oxazole rings is 1. The van der Waals surface area contributed by atoms with Crippen molar-refractivity contribution in [1.29, 1.82) is 0 Å². The molecule has 2 heterocycles. The Morgan fingerprint density at radius 2 is 1.93 bits per heavy atom. The van der Waals surface area contributed by atoms with Gasteiger partial charge in [0.15, 0.2) is 0 Å².